The van der Waals surface area contributed by atoms with Gasteiger partial charge >= 0.3 is 0 Å². The number of hydrogen-bond donors (Lipinski definition) is 1. The summed E-state index contributed by atoms with van der Waals surface area (Å²) in [6.45, 7) is 8.02. The summed E-state index contributed by atoms with van der Waals surface area (Å²) < 4.78 is 11.7. The van der Waals surface area contributed by atoms with Crippen LogP contribution in [0, 0.1) is 0 Å². The molecule has 0 atom stereocenters. The lowest BCUT2D eigenvalue weighted by molar-refractivity contribution is 0.318. The van der Waals surface area contributed by atoms with E-state index in [1.165, 1.54) is 10.9 Å². The average molecular weight is 261 g/mol. The van der Waals surface area contributed by atoms with Crippen molar-refractivity contribution in [3.05, 3.63) is 29.5 Å². The number of nitrogens with one attached hydrogen (secondary N) is 1. The molecule has 2 aromatic rings. The Morgan fingerprint density at radius 3 is 2.74 bits per heavy atom. The van der Waals surface area contributed by atoms with Gasteiger partial charge in [0.25, 0.3) is 0 Å². The first-order valence-electron chi connectivity index (χ1n) is 7.00. The first kappa shape index (κ1) is 13.9. The molecule has 19 heavy (non-hydrogen) atoms. The summed E-state index contributed by atoms with van der Waals surface area (Å²) in [5.74, 6) is 2.39. The molecule has 1 aromatic heterocycles. The highest BCUT2D eigenvalue weighted by Crippen LogP contribution is 2.34. The maximum absolute atomic E-state index is 5.94. The summed E-state index contributed by atoms with van der Waals surface area (Å²) in [5, 5.41) is 4.34. The van der Waals surface area contributed by atoms with Crippen LogP contribution in [0.5, 0.6) is 5.75 Å². The van der Waals surface area contributed by atoms with Gasteiger partial charge in [-0.3, -0.25) is 0 Å². The molecular weight excluding hydrogens is 238 g/mol. The van der Waals surface area contributed by atoms with E-state index in [-0.39, 0.29) is 0 Å². The highest BCUT2D eigenvalue weighted by molar-refractivity contribution is 5.84. The summed E-state index contributed by atoms with van der Waals surface area (Å²) >= 11 is 0. The molecule has 3 nitrogen and oxygen atoms in total. The van der Waals surface area contributed by atoms with Gasteiger partial charge in [-0.05, 0) is 37.6 Å². The van der Waals surface area contributed by atoms with Crippen molar-refractivity contribution in [2.75, 3.05) is 13.7 Å². The second kappa shape index (κ2) is 6.11. The van der Waals surface area contributed by atoms with E-state index in [0.29, 0.717) is 5.92 Å². The summed E-state index contributed by atoms with van der Waals surface area (Å²) in [7, 11) is 1.94. The molecule has 104 valence electrons. The molecule has 0 spiro atoms. The zero-order valence-electron chi connectivity index (χ0n) is 12.2. The highest BCUT2D eigenvalue weighted by Gasteiger charge is 2.17. The van der Waals surface area contributed by atoms with E-state index >= 15 is 0 Å². The van der Waals surface area contributed by atoms with Gasteiger partial charge in [-0.25, -0.2) is 0 Å². The van der Waals surface area contributed by atoms with Crippen LogP contribution in [-0.2, 0) is 6.54 Å². The molecule has 0 saturated heterocycles. The van der Waals surface area contributed by atoms with Crippen molar-refractivity contribution in [1.82, 2.24) is 5.32 Å². The lowest BCUT2D eigenvalue weighted by Gasteiger charge is -2.07. The number of benzene rings is 1. The van der Waals surface area contributed by atoms with Gasteiger partial charge in [-0.15, -0.1) is 0 Å². The minimum absolute atomic E-state index is 0.436. The van der Waals surface area contributed by atoms with Gasteiger partial charge in [-0.1, -0.05) is 20.8 Å². The van der Waals surface area contributed by atoms with Crippen LogP contribution in [-0.4, -0.2) is 13.7 Å². The van der Waals surface area contributed by atoms with E-state index in [1.807, 2.05) is 19.2 Å². The Balaban J connectivity index is 2.46. The van der Waals surface area contributed by atoms with Crippen molar-refractivity contribution < 1.29 is 9.15 Å². The van der Waals surface area contributed by atoms with Crippen molar-refractivity contribution in [1.29, 1.82) is 0 Å². The molecule has 0 aliphatic rings. The maximum atomic E-state index is 5.94. The number of ether oxygens (including phenoxy) is 1. The zero-order valence-corrected chi connectivity index (χ0v) is 12.2. The Morgan fingerprint density at radius 2 is 2.11 bits per heavy atom. The van der Waals surface area contributed by atoms with E-state index in [2.05, 4.69) is 32.2 Å². The summed E-state index contributed by atoms with van der Waals surface area (Å²) in [5.41, 5.74) is 2.23. The molecule has 2 rings (SSSR count). The van der Waals surface area contributed by atoms with Crippen LogP contribution in [0.15, 0.2) is 22.6 Å². The van der Waals surface area contributed by atoms with Crippen molar-refractivity contribution in [2.24, 2.45) is 0 Å². The van der Waals surface area contributed by atoms with Crippen LogP contribution in [0.1, 0.15) is 44.4 Å². The van der Waals surface area contributed by atoms with Crippen LogP contribution in [0.2, 0.25) is 0 Å². The third kappa shape index (κ3) is 2.92. The predicted molar refractivity (Wildman–Crippen MR) is 78.9 cm³/mol. The van der Waals surface area contributed by atoms with Gasteiger partial charge in [0.05, 0.1) is 13.2 Å². The zero-order chi connectivity index (χ0) is 13.8. The number of hydrogen-bond acceptors (Lipinski definition) is 3. The molecule has 1 aromatic carbocycles. The first-order chi connectivity index (χ1) is 9.17. The van der Waals surface area contributed by atoms with Crippen molar-refractivity contribution >= 4 is 11.0 Å². The van der Waals surface area contributed by atoms with Crippen LogP contribution in [0.25, 0.3) is 11.0 Å². The van der Waals surface area contributed by atoms with Crippen molar-refractivity contribution in [2.45, 2.75) is 39.7 Å². The standard InChI is InChI=1S/C16H23NO2/c1-5-8-18-12-6-7-14-13(9-12)16(11(2)3)15(19-14)10-17-4/h6-7,9,11,17H,5,8,10H2,1-4H3. The van der Waals surface area contributed by atoms with Crippen LogP contribution in [0.3, 0.4) is 0 Å². The summed E-state index contributed by atoms with van der Waals surface area (Å²) in [6.07, 6.45) is 1.02. The molecule has 0 radical (unpaired) electrons. The number of fused-ring (bicyclic) bond motifs is 1. The predicted octanol–water partition coefficient (Wildman–Crippen LogP) is 4.06. The topological polar surface area (TPSA) is 34.4 Å². The van der Waals surface area contributed by atoms with Crippen molar-refractivity contribution in [3.63, 3.8) is 0 Å². The molecule has 0 fully saturated rings. The van der Waals surface area contributed by atoms with E-state index in [9.17, 15) is 0 Å². The fourth-order valence-electron chi connectivity index (χ4n) is 2.38. The lowest BCUT2D eigenvalue weighted by atomic mass is 9.99. The van der Waals surface area contributed by atoms with Gasteiger partial charge in [0.15, 0.2) is 0 Å². The lowest BCUT2D eigenvalue weighted by Crippen LogP contribution is -2.06. The normalized spacial score (nSPS) is 11.4. The quantitative estimate of drug-likeness (QED) is 0.851. The van der Waals surface area contributed by atoms with Crippen LogP contribution < -0.4 is 10.1 Å². The van der Waals surface area contributed by atoms with Crippen LogP contribution >= 0.6 is 0 Å². The van der Waals surface area contributed by atoms with E-state index in [0.717, 1.165) is 36.7 Å². The molecule has 3 heteroatoms. The third-order valence-electron chi connectivity index (χ3n) is 3.16. The molecule has 0 amide bonds. The fraction of sp³-hybridized carbons (Fsp3) is 0.500. The molecule has 0 unspecified atom stereocenters. The Bertz CT molecular complexity index is 543. The van der Waals surface area contributed by atoms with Crippen molar-refractivity contribution in [3.8, 4) is 5.75 Å². The molecular formula is C16H23NO2. The van der Waals surface area contributed by atoms with E-state index in [4.69, 9.17) is 9.15 Å². The molecule has 1 heterocycles. The van der Waals surface area contributed by atoms with Gasteiger partial charge < -0.3 is 14.5 Å². The SMILES string of the molecule is CCCOc1ccc2oc(CNC)c(C(C)C)c2c1. The molecule has 0 aliphatic heterocycles. The molecule has 1 N–H and O–H groups in total. The average Bonchev–Trinajstić information content (AvgIpc) is 2.74. The second-order valence-electron chi connectivity index (χ2n) is 5.13. The summed E-state index contributed by atoms with van der Waals surface area (Å²) in [6, 6.07) is 6.09. The van der Waals surface area contributed by atoms with E-state index < -0.39 is 0 Å². The number of rotatable bonds is 6. The highest BCUT2D eigenvalue weighted by atomic mass is 16.5. The Kier molecular flexibility index (Phi) is 4.48. The van der Waals surface area contributed by atoms with Gasteiger partial charge in [0, 0.05) is 10.9 Å². The van der Waals surface area contributed by atoms with Gasteiger partial charge in [0.2, 0.25) is 0 Å². The largest absolute Gasteiger partial charge is 0.494 e. The van der Waals surface area contributed by atoms with Crippen LogP contribution in [0.4, 0.5) is 0 Å². The summed E-state index contributed by atoms with van der Waals surface area (Å²) in [4.78, 5) is 0. The fourth-order valence-corrected chi connectivity index (χ4v) is 2.38. The van der Waals surface area contributed by atoms with Gasteiger partial charge in [0.1, 0.15) is 17.1 Å². The minimum Gasteiger partial charge on any atom is -0.494 e. The molecule has 0 aliphatic carbocycles. The smallest absolute Gasteiger partial charge is 0.134 e. The Hall–Kier alpha value is -1.48. The third-order valence-corrected chi connectivity index (χ3v) is 3.16. The Morgan fingerprint density at radius 1 is 1.32 bits per heavy atom. The monoisotopic (exact) mass is 261 g/mol. The molecule has 0 bridgehead atoms. The van der Waals surface area contributed by atoms with Gasteiger partial charge in [-0.2, -0.15) is 0 Å². The Labute approximate surface area is 114 Å². The second-order valence-corrected chi connectivity index (χ2v) is 5.13. The maximum Gasteiger partial charge on any atom is 0.134 e. The minimum atomic E-state index is 0.436. The first-order valence-corrected chi connectivity index (χ1v) is 7.00. The number of furan rings is 1. The molecule has 0 saturated carbocycles. The van der Waals surface area contributed by atoms with E-state index in [1.54, 1.807) is 0 Å².